The quantitative estimate of drug-likeness (QED) is 0.103. The van der Waals surface area contributed by atoms with Crippen LogP contribution in [0.5, 0.6) is 0 Å². The molecule has 4 aromatic heterocycles. The number of nitrogens with zero attached hydrogens (tertiary/aromatic N) is 4. The molecule has 0 unspecified atom stereocenters. The highest BCUT2D eigenvalue weighted by Gasteiger charge is 2.16. The molecule has 5 heterocycles. The Morgan fingerprint density at radius 1 is 0.551 bits per heavy atom. The molecule has 1 aliphatic rings. The third-order valence-corrected chi connectivity index (χ3v) is 7.96. The van der Waals surface area contributed by atoms with Crippen molar-refractivity contribution >= 4 is 91.5 Å². The maximum atomic E-state index is 8.58. The molecule has 9 rings (SSSR count). The van der Waals surface area contributed by atoms with Gasteiger partial charge in [0.05, 0.1) is 16.5 Å². The maximum Gasteiger partial charge on any atom is 0.488 e. The number of rotatable bonds is 2. The van der Waals surface area contributed by atoms with Crippen LogP contribution >= 0.6 is 34.8 Å². The van der Waals surface area contributed by atoms with Gasteiger partial charge in [-0.2, -0.15) is 9.97 Å². The number of hydrogen-bond donors (Lipinski definition) is 2. The van der Waals surface area contributed by atoms with E-state index in [9.17, 15) is 0 Å². The molecule has 1 fully saturated rings. The highest BCUT2D eigenvalue weighted by Crippen LogP contribution is 2.35. The Morgan fingerprint density at radius 2 is 1.04 bits per heavy atom. The number of benzene rings is 4. The zero-order valence-electron chi connectivity index (χ0n) is 25.8. The molecule has 0 bridgehead atoms. The van der Waals surface area contributed by atoms with E-state index < -0.39 is 7.12 Å². The molecule has 0 atom stereocenters. The number of furan rings is 2. The second-order valence-electron chi connectivity index (χ2n) is 10.7. The lowest BCUT2D eigenvalue weighted by atomic mass is 9.81. The van der Waals surface area contributed by atoms with Crippen molar-refractivity contribution < 1.29 is 23.6 Å². The smallest absolute Gasteiger partial charge is 0.438 e. The maximum absolute atomic E-state index is 8.58. The predicted molar refractivity (Wildman–Crippen MR) is 195 cm³/mol. The van der Waals surface area contributed by atoms with Gasteiger partial charge in [-0.05, 0) is 53.6 Å². The molecular weight excluding hydrogens is 686 g/mol. The molecule has 49 heavy (non-hydrogen) atoms. The zero-order valence-corrected chi connectivity index (χ0v) is 28.1. The Bertz CT molecular complexity index is 2290. The Hall–Kier alpha value is -4.55. The standard InChI is InChI=1S/C16H9ClN2O.C10H4Cl2N2O.C6H7BO2.C4H8O/c17-16-18-14(10-6-2-1-3-7-10)13-11-8-4-5-9-12(11)20-15(13)19-16;11-8-7-5-3-1-2-4-6(5)15-9(7)14-10(12)13-8;8-7(9)6-4-2-1-3-5-6;1-2-4-5-3-1/h1-9H;1-4H;1-5,8-9H;1-4H2. The lowest BCUT2D eigenvalue weighted by Gasteiger charge is -2.02. The Labute approximate surface area is 296 Å². The average Bonchev–Trinajstić information content (AvgIpc) is 3.89. The highest BCUT2D eigenvalue weighted by molar-refractivity contribution is 6.58. The highest BCUT2D eigenvalue weighted by atomic mass is 35.5. The van der Waals surface area contributed by atoms with Crippen molar-refractivity contribution in [2.75, 3.05) is 13.2 Å². The third-order valence-electron chi connectivity index (χ3n) is 7.35. The summed E-state index contributed by atoms with van der Waals surface area (Å²) in [7, 11) is -1.34. The Kier molecular flexibility index (Phi) is 11.4. The Balaban J connectivity index is 0.000000126. The third kappa shape index (κ3) is 8.37. The summed E-state index contributed by atoms with van der Waals surface area (Å²) in [6, 6.07) is 33.9. The summed E-state index contributed by atoms with van der Waals surface area (Å²) in [4.78, 5) is 16.4. The van der Waals surface area contributed by atoms with Crippen LogP contribution in [0, 0.1) is 0 Å². The first-order valence-corrected chi connectivity index (χ1v) is 16.4. The topological polar surface area (TPSA) is 128 Å². The summed E-state index contributed by atoms with van der Waals surface area (Å²) in [5.74, 6) is 0. The van der Waals surface area contributed by atoms with Crippen molar-refractivity contribution in [2.24, 2.45) is 0 Å². The monoisotopic (exact) mass is 712 g/mol. The van der Waals surface area contributed by atoms with E-state index in [2.05, 4.69) is 19.9 Å². The van der Waals surface area contributed by atoms with E-state index in [0.717, 1.165) is 51.8 Å². The van der Waals surface area contributed by atoms with Crippen LogP contribution in [0.25, 0.3) is 55.4 Å². The molecule has 246 valence electrons. The molecule has 13 heteroatoms. The molecule has 0 spiro atoms. The largest absolute Gasteiger partial charge is 0.488 e. The van der Waals surface area contributed by atoms with Crippen LogP contribution in [-0.4, -0.2) is 50.3 Å². The van der Waals surface area contributed by atoms with Crippen molar-refractivity contribution in [2.45, 2.75) is 12.8 Å². The van der Waals surface area contributed by atoms with Gasteiger partial charge in [-0.15, -0.1) is 0 Å². The van der Waals surface area contributed by atoms with E-state index in [0.29, 0.717) is 27.4 Å². The summed E-state index contributed by atoms with van der Waals surface area (Å²) < 4.78 is 16.2. The van der Waals surface area contributed by atoms with Crippen LogP contribution in [0.2, 0.25) is 15.7 Å². The molecule has 0 amide bonds. The van der Waals surface area contributed by atoms with Crippen molar-refractivity contribution in [3.8, 4) is 11.3 Å². The first kappa shape index (κ1) is 34.3. The van der Waals surface area contributed by atoms with Crippen LogP contribution in [0.1, 0.15) is 12.8 Å². The first-order chi connectivity index (χ1) is 23.9. The first-order valence-electron chi connectivity index (χ1n) is 15.3. The van der Waals surface area contributed by atoms with Crippen molar-refractivity contribution in [3.05, 3.63) is 125 Å². The predicted octanol–water partition coefficient (Wildman–Crippen LogP) is 8.54. The normalized spacial score (nSPS) is 12.2. The number of ether oxygens (including phenoxy) is 1. The molecule has 0 saturated carbocycles. The fraction of sp³-hybridized carbons (Fsp3) is 0.111. The van der Waals surface area contributed by atoms with Gasteiger partial charge < -0.3 is 23.6 Å². The van der Waals surface area contributed by atoms with Crippen molar-refractivity contribution in [1.29, 1.82) is 0 Å². The fourth-order valence-corrected chi connectivity index (χ4v) is 5.72. The van der Waals surface area contributed by atoms with Crippen molar-refractivity contribution in [1.82, 2.24) is 19.9 Å². The van der Waals surface area contributed by atoms with Crippen LogP contribution in [0.4, 0.5) is 0 Å². The van der Waals surface area contributed by atoms with Gasteiger partial charge in [-0.25, -0.2) is 9.97 Å². The van der Waals surface area contributed by atoms with Crippen LogP contribution in [0.15, 0.2) is 118 Å². The molecule has 8 aromatic rings. The molecule has 9 nitrogen and oxygen atoms in total. The minimum absolute atomic E-state index is 0.0894. The minimum atomic E-state index is -1.34. The molecule has 0 radical (unpaired) electrons. The van der Waals surface area contributed by atoms with E-state index in [-0.39, 0.29) is 10.6 Å². The van der Waals surface area contributed by atoms with Gasteiger partial charge in [0.15, 0.2) is 0 Å². The lowest BCUT2D eigenvalue weighted by Crippen LogP contribution is -2.29. The van der Waals surface area contributed by atoms with Crippen LogP contribution in [0.3, 0.4) is 0 Å². The number of fused-ring (bicyclic) bond motifs is 6. The number of aromatic nitrogens is 4. The number of halogens is 3. The second-order valence-corrected chi connectivity index (χ2v) is 11.7. The SMILES string of the molecule is C1CCOC1.Clc1nc(-c2ccccc2)c2c(n1)oc1ccccc12.Clc1nc(Cl)c2c(n1)oc1ccccc12.OB(O)c1ccccc1. The number of para-hydroxylation sites is 2. The number of hydrogen-bond acceptors (Lipinski definition) is 9. The molecule has 2 N–H and O–H groups in total. The van der Waals surface area contributed by atoms with Gasteiger partial charge in [-0.1, -0.05) is 109 Å². The van der Waals surface area contributed by atoms with E-state index in [1.807, 2.05) is 84.9 Å². The summed E-state index contributed by atoms with van der Waals surface area (Å²) in [5, 5.41) is 21.3. The van der Waals surface area contributed by atoms with Gasteiger partial charge in [0.1, 0.15) is 16.3 Å². The zero-order chi connectivity index (χ0) is 34.2. The van der Waals surface area contributed by atoms with E-state index >= 15 is 0 Å². The van der Waals surface area contributed by atoms with Crippen molar-refractivity contribution in [3.63, 3.8) is 0 Å². The Morgan fingerprint density at radius 3 is 1.57 bits per heavy atom. The lowest BCUT2D eigenvalue weighted by molar-refractivity contribution is 0.198. The van der Waals surface area contributed by atoms with Gasteiger partial charge in [0.2, 0.25) is 22.0 Å². The van der Waals surface area contributed by atoms with Crippen LogP contribution in [-0.2, 0) is 4.74 Å². The van der Waals surface area contributed by atoms with E-state index in [1.165, 1.54) is 12.8 Å². The summed E-state index contributed by atoms with van der Waals surface area (Å²) >= 11 is 17.7. The van der Waals surface area contributed by atoms with Gasteiger partial charge in [0, 0.05) is 29.5 Å². The average molecular weight is 714 g/mol. The second kappa shape index (κ2) is 16.2. The van der Waals surface area contributed by atoms with E-state index in [4.69, 9.17) is 58.4 Å². The molecule has 4 aromatic carbocycles. The molecular formula is C36H28BCl3N4O5. The van der Waals surface area contributed by atoms with Gasteiger partial charge in [0.25, 0.3) is 0 Å². The minimum Gasteiger partial charge on any atom is -0.438 e. The summed E-state index contributed by atoms with van der Waals surface area (Å²) in [6.07, 6.45) is 2.56. The fourth-order valence-electron chi connectivity index (χ4n) is 5.09. The molecule has 1 saturated heterocycles. The summed E-state index contributed by atoms with van der Waals surface area (Å²) in [5.41, 5.74) is 4.77. The van der Waals surface area contributed by atoms with Gasteiger partial charge in [-0.3, -0.25) is 0 Å². The van der Waals surface area contributed by atoms with Gasteiger partial charge >= 0.3 is 7.12 Å². The summed E-state index contributed by atoms with van der Waals surface area (Å²) in [6.45, 7) is 2.00. The van der Waals surface area contributed by atoms with Crippen LogP contribution < -0.4 is 5.46 Å². The molecule has 1 aliphatic heterocycles. The van der Waals surface area contributed by atoms with E-state index in [1.54, 1.807) is 24.3 Å². The molecule has 0 aliphatic carbocycles.